The van der Waals surface area contributed by atoms with E-state index in [1.165, 1.54) is 0 Å². The van der Waals surface area contributed by atoms with E-state index in [0.717, 1.165) is 10.6 Å². The van der Waals surface area contributed by atoms with Gasteiger partial charge in [0.15, 0.2) is 9.84 Å². The fourth-order valence-electron chi connectivity index (χ4n) is 3.89. The molecule has 4 rings (SSSR count). The molecule has 9 heteroatoms. The van der Waals surface area contributed by atoms with Crippen molar-refractivity contribution >= 4 is 39.1 Å². The van der Waals surface area contributed by atoms with E-state index in [-0.39, 0.29) is 29.4 Å². The Labute approximate surface area is 163 Å². The number of nitrogens with one attached hydrogen (secondary N) is 1. The number of fused-ring (bicyclic) bond motifs is 1. The first-order chi connectivity index (χ1) is 12.9. The lowest BCUT2D eigenvalue weighted by molar-refractivity contribution is -0.115. The predicted molar refractivity (Wildman–Crippen MR) is 105 cm³/mol. The highest BCUT2D eigenvalue weighted by Gasteiger charge is 2.34. The van der Waals surface area contributed by atoms with Gasteiger partial charge in [0.05, 0.1) is 17.2 Å². The van der Waals surface area contributed by atoms with Gasteiger partial charge in [-0.25, -0.2) is 8.42 Å². The van der Waals surface area contributed by atoms with Crippen molar-refractivity contribution in [2.45, 2.75) is 23.8 Å². The number of carbonyl (C=O) groups excluding carboxylic acids is 2. The van der Waals surface area contributed by atoms with E-state index in [1.807, 2.05) is 17.0 Å². The minimum Gasteiger partial charge on any atom is -0.336 e. The van der Waals surface area contributed by atoms with E-state index in [2.05, 4.69) is 10.2 Å². The lowest BCUT2D eigenvalue weighted by Gasteiger charge is -2.37. The zero-order valence-corrected chi connectivity index (χ0v) is 16.7. The van der Waals surface area contributed by atoms with Gasteiger partial charge in [-0.1, -0.05) is 0 Å². The van der Waals surface area contributed by atoms with E-state index in [4.69, 9.17) is 0 Å². The topological polar surface area (TPSA) is 86.8 Å². The summed E-state index contributed by atoms with van der Waals surface area (Å²) in [6.07, 6.45) is 1.17. The van der Waals surface area contributed by atoms with Gasteiger partial charge in [-0.15, -0.1) is 11.8 Å². The average molecular weight is 410 g/mol. The van der Waals surface area contributed by atoms with Crippen LogP contribution < -0.4 is 5.32 Å². The number of nitrogens with zero attached hydrogens (tertiary/aromatic N) is 2. The Morgan fingerprint density at radius 3 is 2.67 bits per heavy atom. The third kappa shape index (κ3) is 4.14. The molecule has 0 aromatic heterocycles. The van der Waals surface area contributed by atoms with Gasteiger partial charge >= 0.3 is 0 Å². The van der Waals surface area contributed by atoms with Gasteiger partial charge in [0.25, 0.3) is 5.91 Å². The maximum absolute atomic E-state index is 12.9. The van der Waals surface area contributed by atoms with Crippen molar-refractivity contribution in [1.29, 1.82) is 0 Å². The summed E-state index contributed by atoms with van der Waals surface area (Å²) in [5.41, 5.74) is 1.29. The summed E-state index contributed by atoms with van der Waals surface area (Å²) >= 11 is 1.62. The van der Waals surface area contributed by atoms with Crippen LogP contribution in [0.25, 0.3) is 0 Å². The van der Waals surface area contributed by atoms with Crippen LogP contribution in [0.15, 0.2) is 23.1 Å². The van der Waals surface area contributed by atoms with Gasteiger partial charge in [0, 0.05) is 54.9 Å². The van der Waals surface area contributed by atoms with Crippen molar-refractivity contribution in [3.8, 4) is 0 Å². The Morgan fingerprint density at radius 1 is 1.19 bits per heavy atom. The number of carbonyl (C=O) groups is 2. The number of rotatable bonds is 2. The number of hydrogen-bond acceptors (Lipinski definition) is 6. The summed E-state index contributed by atoms with van der Waals surface area (Å²) in [4.78, 5) is 29.6. The molecular weight excluding hydrogens is 386 g/mol. The van der Waals surface area contributed by atoms with Crippen LogP contribution in [0.4, 0.5) is 5.69 Å². The number of piperazine rings is 1. The van der Waals surface area contributed by atoms with Gasteiger partial charge in [-0.05, 0) is 24.6 Å². The predicted octanol–water partition coefficient (Wildman–Crippen LogP) is 1.07. The Bertz CT molecular complexity index is 863. The molecule has 1 aromatic carbocycles. The number of sulfone groups is 1. The molecule has 27 heavy (non-hydrogen) atoms. The van der Waals surface area contributed by atoms with Gasteiger partial charge in [0.2, 0.25) is 5.91 Å². The summed E-state index contributed by atoms with van der Waals surface area (Å²) in [5.74, 6) is 1.19. The lowest BCUT2D eigenvalue weighted by atomic mass is 10.1. The van der Waals surface area contributed by atoms with Crippen LogP contribution in [0, 0.1) is 0 Å². The van der Waals surface area contributed by atoms with Gasteiger partial charge < -0.3 is 10.2 Å². The van der Waals surface area contributed by atoms with Crippen LogP contribution >= 0.6 is 11.8 Å². The SMILES string of the molecule is O=C1CCSc2ccc(C(=O)N3CCN([C@@H]4CCS(=O)(=O)C4)CC3)cc2N1. The summed E-state index contributed by atoms with van der Waals surface area (Å²) in [7, 11) is -2.89. The van der Waals surface area contributed by atoms with Crippen LogP contribution in [0.2, 0.25) is 0 Å². The first-order valence-corrected chi connectivity index (χ1v) is 12.0. The zero-order valence-electron chi connectivity index (χ0n) is 15.0. The minimum absolute atomic E-state index is 0.0222. The molecule has 1 atom stereocenters. The molecule has 3 aliphatic heterocycles. The number of thioether (sulfide) groups is 1. The highest BCUT2D eigenvalue weighted by Crippen LogP contribution is 2.32. The van der Waals surface area contributed by atoms with Gasteiger partial charge in [-0.2, -0.15) is 0 Å². The van der Waals surface area contributed by atoms with Gasteiger partial charge in [-0.3, -0.25) is 14.5 Å². The molecule has 3 aliphatic rings. The second kappa shape index (κ2) is 7.44. The maximum Gasteiger partial charge on any atom is 0.254 e. The third-order valence-electron chi connectivity index (χ3n) is 5.41. The Morgan fingerprint density at radius 2 is 1.96 bits per heavy atom. The second-order valence-corrected chi connectivity index (χ2v) is 10.6. The van der Waals surface area contributed by atoms with Crippen LogP contribution in [-0.4, -0.2) is 79.5 Å². The van der Waals surface area contributed by atoms with Crippen LogP contribution in [0.3, 0.4) is 0 Å². The van der Waals surface area contributed by atoms with E-state index in [1.54, 1.807) is 17.8 Å². The molecule has 2 fully saturated rings. The molecule has 0 unspecified atom stereocenters. The van der Waals surface area contributed by atoms with E-state index < -0.39 is 9.84 Å². The van der Waals surface area contributed by atoms with Crippen molar-refractivity contribution < 1.29 is 18.0 Å². The molecule has 7 nitrogen and oxygen atoms in total. The third-order valence-corrected chi connectivity index (χ3v) is 8.24. The van der Waals surface area contributed by atoms with Crippen LogP contribution in [-0.2, 0) is 14.6 Å². The minimum atomic E-state index is -2.89. The van der Waals surface area contributed by atoms with E-state index in [9.17, 15) is 18.0 Å². The monoisotopic (exact) mass is 409 g/mol. The largest absolute Gasteiger partial charge is 0.336 e. The van der Waals surface area contributed by atoms with E-state index >= 15 is 0 Å². The summed E-state index contributed by atoms with van der Waals surface area (Å²) < 4.78 is 23.4. The smallest absolute Gasteiger partial charge is 0.254 e. The molecule has 1 N–H and O–H groups in total. The quantitative estimate of drug-likeness (QED) is 0.786. The maximum atomic E-state index is 12.9. The number of amides is 2. The summed E-state index contributed by atoms with van der Waals surface area (Å²) in [6.45, 7) is 2.58. The summed E-state index contributed by atoms with van der Waals surface area (Å²) in [5, 5.41) is 2.88. The molecule has 0 saturated carbocycles. The number of hydrogen-bond donors (Lipinski definition) is 1. The fraction of sp³-hybridized carbons (Fsp3) is 0.556. The van der Waals surface area contributed by atoms with Gasteiger partial charge in [0.1, 0.15) is 0 Å². The molecule has 0 aliphatic carbocycles. The number of anilines is 1. The molecule has 2 saturated heterocycles. The normalized spacial score (nSPS) is 25.6. The average Bonchev–Trinajstić information content (AvgIpc) is 2.91. The molecule has 3 heterocycles. The standard InChI is InChI=1S/C18H23N3O4S2/c22-17-3-9-26-16-2-1-13(11-15(16)19-17)18(23)21-7-5-20(6-8-21)14-4-10-27(24,25)12-14/h1-2,11,14H,3-10,12H2,(H,19,22)/t14-/m1/s1. The molecule has 0 spiro atoms. The molecule has 0 bridgehead atoms. The molecule has 1 aromatic rings. The van der Waals surface area contributed by atoms with Crippen LogP contribution in [0.5, 0.6) is 0 Å². The first kappa shape index (κ1) is 18.8. The molecule has 0 radical (unpaired) electrons. The highest BCUT2D eigenvalue weighted by molar-refractivity contribution is 7.99. The van der Waals surface area contributed by atoms with Crippen molar-refractivity contribution in [1.82, 2.24) is 9.80 Å². The van der Waals surface area contributed by atoms with Crippen molar-refractivity contribution in [3.63, 3.8) is 0 Å². The van der Waals surface area contributed by atoms with Crippen LogP contribution in [0.1, 0.15) is 23.2 Å². The zero-order chi connectivity index (χ0) is 19.0. The second-order valence-electron chi connectivity index (χ2n) is 7.24. The number of benzene rings is 1. The Kier molecular flexibility index (Phi) is 5.17. The van der Waals surface area contributed by atoms with Crippen molar-refractivity contribution in [2.75, 3.05) is 48.8 Å². The Balaban J connectivity index is 1.40. The molecular formula is C18H23N3O4S2. The lowest BCUT2D eigenvalue weighted by Crippen LogP contribution is -2.52. The Hall–Kier alpha value is -1.58. The van der Waals surface area contributed by atoms with Crippen molar-refractivity contribution in [2.24, 2.45) is 0 Å². The molecule has 2 amide bonds. The van der Waals surface area contributed by atoms with E-state index in [0.29, 0.717) is 50.3 Å². The summed E-state index contributed by atoms with van der Waals surface area (Å²) in [6, 6.07) is 5.58. The molecule has 146 valence electrons. The fourth-order valence-corrected chi connectivity index (χ4v) is 6.59. The highest BCUT2D eigenvalue weighted by atomic mass is 32.2. The first-order valence-electron chi connectivity index (χ1n) is 9.22. The van der Waals surface area contributed by atoms with Crippen molar-refractivity contribution in [3.05, 3.63) is 23.8 Å².